The van der Waals surface area contributed by atoms with Crippen LogP contribution in [-0.4, -0.2) is 18.8 Å². The molecule has 3 nitrogen and oxygen atoms in total. The van der Waals surface area contributed by atoms with Gasteiger partial charge < -0.3 is 15.4 Å². The first kappa shape index (κ1) is 16.8. The topological polar surface area (TPSA) is 33.3 Å². The summed E-state index contributed by atoms with van der Waals surface area (Å²) in [5.41, 5.74) is 2.20. The highest BCUT2D eigenvalue weighted by atomic mass is 79.9. The number of methoxy groups -OCH3 is 1. The molecule has 0 aliphatic rings. The molecule has 2 rings (SSSR count). The summed E-state index contributed by atoms with van der Waals surface area (Å²) in [6, 6.07) is 16.0. The van der Waals surface area contributed by atoms with Gasteiger partial charge >= 0.3 is 0 Å². The zero-order valence-electron chi connectivity index (χ0n) is 12.4. The van der Waals surface area contributed by atoms with Crippen LogP contribution in [-0.2, 0) is 6.42 Å². The molecular weight excluding hydrogens is 360 g/mol. The number of hydrogen-bond acceptors (Lipinski definition) is 2. The molecule has 22 heavy (non-hydrogen) atoms. The second-order valence-corrected chi connectivity index (χ2v) is 6.13. The molecule has 0 spiro atoms. The van der Waals surface area contributed by atoms with E-state index in [4.69, 9.17) is 17.0 Å². The van der Waals surface area contributed by atoms with Gasteiger partial charge in [-0.2, -0.15) is 0 Å². The number of ether oxygens (including phenoxy) is 1. The minimum atomic E-state index is 0.641. The lowest BCUT2D eigenvalue weighted by molar-refractivity contribution is 0.409. The van der Waals surface area contributed by atoms with Crippen LogP contribution >= 0.6 is 28.1 Å². The number of anilines is 1. The number of aryl methyl sites for hydroxylation is 1. The predicted octanol–water partition coefficient (Wildman–Crippen LogP) is 4.38. The van der Waals surface area contributed by atoms with E-state index in [2.05, 4.69) is 32.6 Å². The van der Waals surface area contributed by atoms with Gasteiger partial charge in [0.05, 0.1) is 7.11 Å². The second-order valence-electron chi connectivity index (χ2n) is 4.80. The standard InChI is InChI=1S/C17H19BrN2OS/c1-21-16-7-3-2-5-13(16)6-4-12-19-17(22)20-15-10-8-14(18)9-11-15/h2-3,5,7-11H,4,6,12H2,1H3,(H2,19,20,22). The minimum absolute atomic E-state index is 0.641. The zero-order chi connectivity index (χ0) is 15.8. The van der Waals surface area contributed by atoms with E-state index >= 15 is 0 Å². The van der Waals surface area contributed by atoms with Gasteiger partial charge in [0.15, 0.2) is 5.11 Å². The third-order valence-electron chi connectivity index (χ3n) is 3.20. The van der Waals surface area contributed by atoms with Crippen molar-refractivity contribution >= 4 is 38.9 Å². The van der Waals surface area contributed by atoms with Gasteiger partial charge in [-0.1, -0.05) is 34.1 Å². The largest absolute Gasteiger partial charge is 0.496 e. The van der Waals surface area contributed by atoms with Crippen molar-refractivity contribution in [1.82, 2.24) is 5.32 Å². The van der Waals surface area contributed by atoms with E-state index in [9.17, 15) is 0 Å². The number of halogens is 1. The number of para-hydroxylation sites is 1. The maximum atomic E-state index is 5.35. The molecule has 0 unspecified atom stereocenters. The SMILES string of the molecule is COc1ccccc1CCCNC(=S)Nc1ccc(Br)cc1. The first-order valence-electron chi connectivity index (χ1n) is 7.11. The first-order valence-corrected chi connectivity index (χ1v) is 8.31. The lowest BCUT2D eigenvalue weighted by Crippen LogP contribution is -2.29. The third-order valence-corrected chi connectivity index (χ3v) is 3.98. The third kappa shape index (κ3) is 5.31. The summed E-state index contributed by atoms with van der Waals surface area (Å²) in [7, 11) is 1.70. The van der Waals surface area contributed by atoms with E-state index in [1.165, 1.54) is 5.56 Å². The number of nitrogens with one attached hydrogen (secondary N) is 2. The molecule has 2 aromatic carbocycles. The molecule has 2 N–H and O–H groups in total. The Hall–Kier alpha value is -1.59. The maximum Gasteiger partial charge on any atom is 0.170 e. The highest BCUT2D eigenvalue weighted by molar-refractivity contribution is 9.10. The Morgan fingerprint density at radius 1 is 1.14 bits per heavy atom. The van der Waals surface area contributed by atoms with Crippen molar-refractivity contribution in [1.29, 1.82) is 0 Å². The molecule has 0 bridgehead atoms. The zero-order valence-corrected chi connectivity index (χ0v) is 14.8. The van der Waals surface area contributed by atoms with Crippen LogP contribution in [0.25, 0.3) is 0 Å². The number of thiocarbonyl (C=S) groups is 1. The monoisotopic (exact) mass is 378 g/mol. The van der Waals surface area contributed by atoms with E-state index in [0.29, 0.717) is 5.11 Å². The smallest absolute Gasteiger partial charge is 0.170 e. The van der Waals surface area contributed by atoms with E-state index < -0.39 is 0 Å². The van der Waals surface area contributed by atoms with Crippen molar-refractivity contribution in [2.75, 3.05) is 19.0 Å². The van der Waals surface area contributed by atoms with Crippen LogP contribution in [0.3, 0.4) is 0 Å². The Morgan fingerprint density at radius 3 is 2.59 bits per heavy atom. The summed E-state index contributed by atoms with van der Waals surface area (Å²) in [6.45, 7) is 0.820. The number of rotatable bonds is 6. The molecule has 0 aliphatic heterocycles. The Bertz CT molecular complexity index is 616. The van der Waals surface area contributed by atoms with Crippen LogP contribution in [0.4, 0.5) is 5.69 Å². The van der Waals surface area contributed by atoms with Gasteiger partial charge in [-0.15, -0.1) is 0 Å². The summed E-state index contributed by atoms with van der Waals surface area (Å²) in [4.78, 5) is 0. The van der Waals surface area contributed by atoms with Crippen LogP contribution in [0.15, 0.2) is 53.0 Å². The molecule has 116 valence electrons. The van der Waals surface area contributed by atoms with Gasteiger partial charge in [0, 0.05) is 16.7 Å². The molecule has 0 aromatic heterocycles. The van der Waals surface area contributed by atoms with Crippen LogP contribution in [0, 0.1) is 0 Å². The highest BCUT2D eigenvalue weighted by Gasteiger charge is 2.02. The molecule has 0 saturated carbocycles. The molecule has 0 radical (unpaired) electrons. The average Bonchev–Trinajstić information content (AvgIpc) is 2.54. The van der Waals surface area contributed by atoms with Crippen molar-refractivity contribution in [3.8, 4) is 5.75 Å². The van der Waals surface area contributed by atoms with Gasteiger partial charge in [-0.3, -0.25) is 0 Å². The number of benzene rings is 2. The lowest BCUT2D eigenvalue weighted by Gasteiger charge is -2.11. The Morgan fingerprint density at radius 2 is 1.86 bits per heavy atom. The first-order chi connectivity index (χ1) is 10.7. The van der Waals surface area contributed by atoms with Gasteiger partial charge in [0.1, 0.15) is 5.75 Å². The van der Waals surface area contributed by atoms with Crippen LogP contribution < -0.4 is 15.4 Å². The van der Waals surface area contributed by atoms with Gasteiger partial charge in [0.2, 0.25) is 0 Å². The minimum Gasteiger partial charge on any atom is -0.496 e. The fourth-order valence-corrected chi connectivity index (χ4v) is 2.58. The van der Waals surface area contributed by atoms with Crippen molar-refractivity contribution in [2.45, 2.75) is 12.8 Å². The van der Waals surface area contributed by atoms with Crippen molar-refractivity contribution in [3.63, 3.8) is 0 Å². The summed E-state index contributed by atoms with van der Waals surface area (Å²) in [6.07, 6.45) is 1.94. The van der Waals surface area contributed by atoms with Crippen molar-refractivity contribution in [2.24, 2.45) is 0 Å². The second kappa shape index (κ2) is 8.76. The molecular formula is C17H19BrN2OS. The Kier molecular flexibility index (Phi) is 6.68. The summed E-state index contributed by atoms with van der Waals surface area (Å²) >= 11 is 8.70. The average molecular weight is 379 g/mol. The van der Waals surface area contributed by atoms with Crippen LogP contribution in [0.2, 0.25) is 0 Å². The fraction of sp³-hybridized carbons (Fsp3) is 0.235. The van der Waals surface area contributed by atoms with Gasteiger partial charge in [-0.05, 0) is 61.0 Å². The van der Waals surface area contributed by atoms with E-state index in [1.54, 1.807) is 7.11 Å². The van der Waals surface area contributed by atoms with Crippen molar-refractivity contribution < 1.29 is 4.74 Å². The lowest BCUT2D eigenvalue weighted by atomic mass is 10.1. The summed E-state index contributed by atoms with van der Waals surface area (Å²) < 4.78 is 6.40. The quantitative estimate of drug-likeness (QED) is 0.577. The summed E-state index contributed by atoms with van der Waals surface area (Å²) in [5.74, 6) is 0.943. The molecule has 0 amide bonds. The van der Waals surface area contributed by atoms with Gasteiger partial charge in [-0.25, -0.2) is 0 Å². The Balaban J connectivity index is 1.72. The van der Waals surface area contributed by atoms with Crippen LogP contribution in [0.5, 0.6) is 5.75 Å². The maximum absolute atomic E-state index is 5.35. The molecule has 0 fully saturated rings. The van der Waals surface area contributed by atoms with Crippen molar-refractivity contribution in [3.05, 3.63) is 58.6 Å². The van der Waals surface area contributed by atoms with Gasteiger partial charge in [0.25, 0.3) is 0 Å². The molecule has 0 heterocycles. The molecule has 0 aliphatic carbocycles. The normalized spacial score (nSPS) is 10.1. The highest BCUT2D eigenvalue weighted by Crippen LogP contribution is 2.18. The number of hydrogen-bond donors (Lipinski definition) is 2. The summed E-state index contributed by atoms with van der Waals surface area (Å²) in [5, 5.41) is 7.03. The van der Waals surface area contributed by atoms with E-state index in [-0.39, 0.29) is 0 Å². The van der Waals surface area contributed by atoms with E-state index in [1.807, 2.05) is 42.5 Å². The molecule has 0 atom stereocenters. The Labute approximate surface area is 145 Å². The van der Waals surface area contributed by atoms with E-state index in [0.717, 1.165) is 35.3 Å². The molecule has 0 saturated heterocycles. The molecule has 2 aromatic rings. The molecule has 5 heteroatoms. The van der Waals surface area contributed by atoms with Crippen LogP contribution in [0.1, 0.15) is 12.0 Å². The predicted molar refractivity (Wildman–Crippen MR) is 99.7 cm³/mol. The fourth-order valence-electron chi connectivity index (χ4n) is 2.10.